The second-order valence-electron chi connectivity index (χ2n) is 7.40. The van der Waals surface area contributed by atoms with E-state index in [1.165, 1.54) is 32.1 Å². The average molecular weight is 377 g/mol. The first-order valence-electron chi connectivity index (χ1n) is 10.5. The number of unbranched alkanes of at least 4 members (excludes halogenated alkanes) is 6. The molecule has 0 N–H and O–H groups in total. The Bertz CT molecular complexity index is 565. The zero-order valence-electron chi connectivity index (χ0n) is 17.5. The first kappa shape index (κ1) is 23.2. The van der Waals surface area contributed by atoms with E-state index in [0.717, 1.165) is 19.3 Å². The molecule has 0 aliphatic heterocycles. The van der Waals surface area contributed by atoms with Gasteiger partial charge in [0.05, 0.1) is 17.7 Å². The van der Waals surface area contributed by atoms with Crippen LogP contribution in [0.2, 0.25) is 0 Å². The summed E-state index contributed by atoms with van der Waals surface area (Å²) in [5, 5.41) is 0. The molecule has 0 fully saturated rings. The van der Waals surface area contributed by atoms with E-state index in [1.807, 2.05) is 20.8 Å². The Kier molecular flexibility index (Phi) is 11.5. The molecular formula is C23H36O4. The Morgan fingerprint density at radius 2 is 1.41 bits per heavy atom. The lowest BCUT2D eigenvalue weighted by atomic mass is 10.0. The van der Waals surface area contributed by atoms with E-state index < -0.39 is 11.9 Å². The summed E-state index contributed by atoms with van der Waals surface area (Å²) in [6.07, 6.45) is 8.74. The van der Waals surface area contributed by atoms with Crippen molar-refractivity contribution in [2.75, 3.05) is 6.61 Å². The van der Waals surface area contributed by atoms with Gasteiger partial charge in [0, 0.05) is 0 Å². The lowest BCUT2D eigenvalue weighted by Crippen LogP contribution is -2.24. The molecule has 1 atom stereocenters. The average Bonchev–Trinajstić information content (AvgIpc) is 2.67. The Labute approximate surface area is 164 Å². The highest BCUT2D eigenvalue weighted by Crippen LogP contribution is 2.17. The van der Waals surface area contributed by atoms with Gasteiger partial charge in [-0.15, -0.1) is 0 Å². The zero-order valence-corrected chi connectivity index (χ0v) is 17.5. The SMILES string of the molecule is CCCCCCCCCOC(=O)c1ccccc1C(=O)OC(CC)C(C)C. The molecular weight excluding hydrogens is 340 g/mol. The predicted octanol–water partition coefficient (Wildman–Crippen LogP) is 6.19. The molecule has 0 heterocycles. The molecule has 1 aromatic carbocycles. The third kappa shape index (κ3) is 8.59. The maximum Gasteiger partial charge on any atom is 0.339 e. The van der Waals surface area contributed by atoms with Crippen LogP contribution in [0.3, 0.4) is 0 Å². The lowest BCUT2D eigenvalue weighted by molar-refractivity contribution is 0.0167. The van der Waals surface area contributed by atoms with Crippen LogP contribution in [0.25, 0.3) is 0 Å². The molecule has 0 amide bonds. The summed E-state index contributed by atoms with van der Waals surface area (Å²) < 4.78 is 11.0. The summed E-state index contributed by atoms with van der Waals surface area (Å²) in [6, 6.07) is 6.72. The molecule has 4 nitrogen and oxygen atoms in total. The molecule has 0 aliphatic rings. The summed E-state index contributed by atoms with van der Waals surface area (Å²) in [5.74, 6) is -0.680. The first-order chi connectivity index (χ1) is 13.0. The fourth-order valence-electron chi connectivity index (χ4n) is 3.03. The van der Waals surface area contributed by atoms with Crippen molar-refractivity contribution in [2.24, 2.45) is 5.92 Å². The fourth-order valence-corrected chi connectivity index (χ4v) is 3.03. The second kappa shape index (κ2) is 13.3. The quantitative estimate of drug-likeness (QED) is 0.304. The van der Waals surface area contributed by atoms with Gasteiger partial charge in [0.25, 0.3) is 0 Å². The van der Waals surface area contributed by atoms with Gasteiger partial charge in [0.15, 0.2) is 0 Å². The normalized spacial score (nSPS) is 12.0. The minimum atomic E-state index is -0.459. The van der Waals surface area contributed by atoms with Crippen LogP contribution in [-0.4, -0.2) is 24.6 Å². The van der Waals surface area contributed by atoms with Gasteiger partial charge in [-0.1, -0.05) is 78.4 Å². The number of carbonyl (C=O) groups is 2. The van der Waals surface area contributed by atoms with Crippen molar-refractivity contribution in [3.05, 3.63) is 35.4 Å². The third-order valence-electron chi connectivity index (χ3n) is 4.75. The van der Waals surface area contributed by atoms with Gasteiger partial charge in [0.2, 0.25) is 0 Å². The van der Waals surface area contributed by atoms with Crippen molar-refractivity contribution in [3.63, 3.8) is 0 Å². The van der Waals surface area contributed by atoms with E-state index in [9.17, 15) is 9.59 Å². The molecule has 1 unspecified atom stereocenters. The standard InChI is InChI=1S/C23H36O4/c1-5-7-8-9-10-11-14-17-26-22(24)19-15-12-13-16-20(19)23(25)27-21(6-2)18(3)4/h12-13,15-16,18,21H,5-11,14,17H2,1-4H3. The van der Waals surface area contributed by atoms with Gasteiger partial charge in [-0.2, -0.15) is 0 Å². The van der Waals surface area contributed by atoms with Gasteiger partial charge >= 0.3 is 11.9 Å². The Morgan fingerprint density at radius 3 is 1.96 bits per heavy atom. The Hall–Kier alpha value is -1.84. The zero-order chi connectivity index (χ0) is 20.1. The van der Waals surface area contributed by atoms with Crippen LogP contribution < -0.4 is 0 Å². The van der Waals surface area contributed by atoms with Gasteiger partial charge in [-0.05, 0) is 30.9 Å². The van der Waals surface area contributed by atoms with E-state index in [0.29, 0.717) is 6.61 Å². The van der Waals surface area contributed by atoms with Gasteiger partial charge in [-0.25, -0.2) is 9.59 Å². The van der Waals surface area contributed by atoms with E-state index in [4.69, 9.17) is 9.47 Å². The number of ether oxygens (including phenoxy) is 2. The number of esters is 2. The summed E-state index contributed by atoms with van der Waals surface area (Å²) in [7, 11) is 0. The summed E-state index contributed by atoms with van der Waals surface area (Å²) >= 11 is 0. The summed E-state index contributed by atoms with van der Waals surface area (Å²) in [5.41, 5.74) is 0.560. The van der Waals surface area contributed by atoms with Crippen molar-refractivity contribution in [1.82, 2.24) is 0 Å². The van der Waals surface area contributed by atoms with Crippen molar-refractivity contribution in [3.8, 4) is 0 Å². The largest absolute Gasteiger partial charge is 0.462 e. The molecule has 152 valence electrons. The van der Waals surface area contributed by atoms with Crippen LogP contribution >= 0.6 is 0 Å². The first-order valence-corrected chi connectivity index (χ1v) is 10.5. The molecule has 1 aromatic rings. The van der Waals surface area contributed by atoms with E-state index >= 15 is 0 Å². The summed E-state index contributed by atoms with van der Waals surface area (Å²) in [4.78, 5) is 24.9. The minimum Gasteiger partial charge on any atom is -0.462 e. The molecule has 0 aromatic heterocycles. The van der Waals surface area contributed by atoms with Crippen LogP contribution in [0.4, 0.5) is 0 Å². The van der Waals surface area contributed by atoms with Crippen LogP contribution in [0.1, 0.15) is 99.8 Å². The van der Waals surface area contributed by atoms with E-state index in [1.54, 1.807) is 24.3 Å². The second-order valence-corrected chi connectivity index (χ2v) is 7.40. The molecule has 0 saturated carbocycles. The van der Waals surface area contributed by atoms with Gasteiger partial charge in [-0.3, -0.25) is 0 Å². The molecule has 0 bridgehead atoms. The number of benzene rings is 1. The van der Waals surface area contributed by atoms with E-state index in [-0.39, 0.29) is 23.1 Å². The monoisotopic (exact) mass is 376 g/mol. The number of hydrogen-bond acceptors (Lipinski definition) is 4. The number of rotatable bonds is 13. The maximum atomic E-state index is 12.5. The topological polar surface area (TPSA) is 52.6 Å². The highest BCUT2D eigenvalue weighted by Gasteiger charge is 2.22. The number of hydrogen-bond donors (Lipinski definition) is 0. The van der Waals surface area contributed by atoms with Crippen LogP contribution in [0.15, 0.2) is 24.3 Å². The fraction of sp³-hybridized carbons (Fsp3) is 0.652. The third-order valence-corrected chi connectivity index (χ3v) is 4.75. The summed E-state index contributed by atoms with van der Waals surface area (Å²) in [6.45, 7) is 8.62. The molecule has 27 heavy (non-hydrogen) atoms. The van der Waals surface area contributed by atoms with Crippen molar-refractivity contribution < 1.29 is 19.1 Å². The van der Waals surface area contributed by atoms with Crippen molar-refractivity contribution in [2.45, 2.75) is 85.2 Å². The van der Waals surface area contributed by atoms with Crippen molar-refractivity contribution in [1.29, 1.82) is 0 Å². The molecule has 0 aliphatic carbocycles. The van der Waals surface area contributed by atoms with Gasteiger partial charge < -0.3 is 9.47 Å². The minimum absolute atomic E-state index is 0.158. The molecule has 1 rings (SSSR count). The maximum absolute atomic E-state index is 12.5. The highest BCUT2D eigenvalue weighted by atomic mass is 16.5. The van der Waals surface area contributed by atoms with Gasteiger partial charge in [0.1, 0.15) is 6.10 Å². The smallest absolute Gasteiger partial charge is 0.339 e. The highest BCUT2D eigenvalue weighted by molar-refractivity contribution is 6.03. The van der Waals surface area contributed by atoms with Crippen LogP contribution in [0.5, 0.6) is 0 Å². The Balaban J connectivity index is 2.52. The lowest BCUT2D eigenvalue weighted by Gasteiger charge is -2.20. The molecule has 4 heteroatoms. The predicted molar refractivity (Wildman–Crippen MR) is 109 cm³/mol. The van der Waals surface area contributed by atoms with Crippen LogP contribution in [-0.2, 0) is 9.47 Å². The molecule has 0 spiro atoms. The number of carbonyl (C=O) groups excluding carboxylic acids is 2. The molecule has 0 saturated heterocycles. The molecule has 0 radical (unpaired) electrons. The van der Waals surface area contributed by atoms with Crippen molar-refractivity contribution >= 4 is 11.9 Å². The van der Waals surface area contributed by atoms with Crippen LogP contribution in [0, 0.1) is 5.92 Å². The van der Waals surface area contributed by atoms with E-state index in [2.05, 4.69) is 6.92 Å². The Morgan fingerprint density at radius 1 is 0.852 bits per heavy atom.